The SMILES string of the molecule is CCCCCCC/C=C\C/C=C\C/C=C\CCCCCCCCCCCCCOCC(COC1OC(CO)C(O)C(OS(=O)(=O)O)C1O)OC(=O)CCCCCCC/C=C\CCCCCCCC. The van der Waals surface area contributed by atoms with Crippen LogP contribution in [0.2, 0.25) is 0 Å². The molecule has 6 unspecified atom stereocenters. The summed E-state index contributed by atoms with van der Waals surface area (Å²) >= 11 is 0. The van der Waals surface area contributed by atoms with E-state index in [0.717, 1.165) is 70.6 Å². The van der Waals surface area contributed by atoms with Crippen molar-refractivity contribution in [2.75, 3.05) is 26.4 Å². The summed E-state index contributed by atoms with van der Waals surface area (Å²) in [5, 5.41) is 30.8. The molecule has 13 heteroatoms. The Morgan fingerprint density at radius 2 is 0.971 bits per heavy atom. The molecular formula is C55H100O12S. The molecule has 0 bridgehead atoms. The fraction of sp³-hybridized carbons (Fsp3) is 0.836. The Balaban J connectivity index is 2.30. The van der Waals surface area contributed by atoms with Crippen molar-refractivity contribution in [3.05, 3.63) is 48.6 Å². The van der Waals surface area contributed by atoms with Crippen LogP contribution in [0, 0.1) is 0 Å². The van der Waals surface area contributed by atoms with Crippen molar-refractivity contribution in [3.63, 3.8) is 0 Å². The van der Waals surface area contributed by atoms with E-state index in [2.05, 4.69) is 66.6 Å². The summed E-state index contributed by atoms with van der Waals surface area (Å²) in [7, 11) is -5.07. The summed E-state index contributed by atoms with van der Waals surface area (Å²) in [6, 6.07) is 0. The van der Waals surface area contributed by atoms with Crippen LogP contribution in [0.1, 0.15) is 232 Å². The average Bonchev–Trinajstić information content (AvgIpc) is 3.31. The first kappa shape index (κ1) is 64.1. The molecule has 1 saturated heterocycles. The van der Waals surface area contributed by atoms with Crippen LogP contribution in [0.25, 0.3) is 0 Å². The van der Waals surface area contributed by atoms with E-state index in [9.17, 15) is 33.1 Å². The van der Waals surface area contributed by atoms with E-state index >= 15 is 0 Å². The predicted octanol–water partition coefficient (Wildman–Crippen LogP) is 13.1. The normalized spacial score (nSPS) is 19.6. The maximum atomic E-state index is 12.9. The first-order valence-corrected chi connectivity index (χ1v) is 28.8. The third kappa shape index (κ3) is 38.8. The second-order valence-electron chi connectivity index (χ2n) is 18.8. The van der Waals surface area contributed by atoms with Gasteiger partial charge in [-0.05, 0) is 77.0 Å². The van der Waals surface area contributed by atoms with Gasteiger partial charge in [0, 0.05) is 13.0 Å². The van der Waals surface area contributed by atoms with E-state index in [1.54, 1.807) is 0 Å². The van der Waals surface area contributed by atoms with Gasteiger partial charge in [0.05, 0.1) is 19.8 Å². The van der Waals surface area contributed by atoms with Crippen molar-refractivity contribution < 1.29 is 56.2 Å². The lowest BCUT2D eigenvalue weighted by Crippen LogP contribution is -2.60. The fourth-order valence-corrected chi connectivity index (χ4v) is 8.77. The van der Waals surface area contributed by atoms with Crippen molar-refractivity contribution in [3.8, 4) is 0 Å². The number of unbranched alkanes of at least 4 members (excludes halogenated alkanes) is 27. The summed E-state index contributed by atoms with van der Waals surface area (Å²) in [5.41, 5.74) is 0. The van der Waals surface area contributed by atoms with Gasteiger partial charge in [0.15, 0.2) is 6.29 Å². The van der Waals surface area contributed by atoms with Crippen molar-refractivity contribution in [2.24, 2.45) is 0 Å². The molecular weight excluding hydrogens is 885 g/mol. The monoisotopic (exact) mass is 985 g/mol. The zero-order valence-electron chi connectivity index (χ0n) is 42.9. The topological polar surface area (TPSA) is 178 Å². The maximum Gasteiger partial charge on any atom is 0.397 e. The maximum absolute atomic E-state index is 12.9. The molecule has 68 heavy (non-hydrogen) atoms. The van der Waals surface area contributed by atoms with Crippen LogP contribution in [-0.2, 0) is 38.3 Å². The van der Waals surface area contributed by atoms with Crippen LogP contribution >= 0.6 is 0 Å². The van der Waals surface area contributed by atoms with Gasteiger partial charge in [0.25, 0.3) is 0 Å². The van der Waals surface area contributed by atoms with Gasteiger partial charge < -0.3 is 34.3 Å². The number of aliphatic hydroxyl groups is 3. The summed E-state index contributed by atoms with van der Waals surface area (Å²) in [6.45, 7) is 3.98. The number of ether oxygens (including phenoxy) is 4. The number of aliphatic hydroxyl groups excluding tert-OH is 3. The lowest BCUT2D eigenvalue weighted by atomic mass is 9.99. The van der Waals surface area contributed by atoms with Crippen molar-refractivity contribution >= 4 is 16.4 Å². The molecule has 1 aliphatic rings. The quantitative estimate of drug-likeness (QED) is 0.0197. The Morgan fingerprint density at radius 1 is 0.559 bits per heavy atom. The molecule has 12 nitrogen and oxygen atoms in total. The largest absolute Gasteiger partial charge is 0.457 e. The minimum Gasteiger partial charge on any atom is -0.457 e. The summed E-state index contributed by atoms with van der Waals surface area (Å²) in [6.07, 6.45) is 48.6. The van der Waals surface area contributed by atoms with Crippen molar-refractivity contribution in [2.45, 2.75) is 269 Å². The van der Waals surface area contributed by atoms with Crippen LogP contribution in [-0.4, -0.2) is 97.5 Å². The first-order valence-electron chi connectivity index (χ1n) is 27.4. The van der Waals surface area contributed by atoms with Crippen LogP contribution in [0.5, 0.6) is 0 Å². The standard InChI is InChI=1S/C55H100O12S/c1-3-5-7-9-11-13-15-17-19-20-21-22-23-24-25-26-27-28-29-31-33-35-37-39-41-43-45-63-47-49(48-64-55-53(59)54(67-68(60,61)62)52(58)50(46-56)66-55)65-51(57)44-42-40-38-36-34-32-30-18-16-14-12-10-8-6-4-2/h15,17-18,20-21,23-24,30,49-50,52-56,58-59H,3-14,16,19,22,25-29,31-48H2,1-2H3,(H,60,61,62)/b17-15-,21-20-,24-23-,30-18-. The second kappa shape index (κ2) is 46.2. The zero-order chi connectivity index (χ0) is 49.6. The predicted molar refractivity (Wildman–Crippen MR) is 276 cm³/mol. The number of rotatable bonds is 48. The van der Waals surface area contributed by atoms with Gasteiger partial charge in [-0.2, -0.15) is 8.42 Å². The Labute approximate surface area is 415 Å². The molecule has 0 spiro atoms. The molecule has 398 valence electrons. The lowest BCUT2D eigenvalue weighted by Gasteiger charge is -2.41. The van der Waals surface area contributed by atoms with Gasteiger partial charge in [-0.3, -0.25) is 9.35 Å². The molecule has 4 N–H and O–H groups in total. The molecule has 1 heterocycles. The Kier molecular flexibility index (Phi) is 43.5. The van der Waals surface area contributed by atoms with Gasteiger partial charge in [-0.15, -0.1) is 0 Å². The highest BCUT2D eigenvalue weighted by atomic mass is 32.3. The van der Waals surface area contributed by atoms with E-state index in [4.69, 9.17) is 18.9 Å². The summed E-state index contributed by atoms with van der Waals surface area (Å²) < 4.78 is 59.3. The van der Waals surface area contributed by atoms with Gasteiger partial charge in [-0.25, -0.2) is 4.18 Å². The van der Waals surface area contributed by atoms with Crippen LogP contribution in [0.3, 0.4) is 0 Å². The Bertz CT molecular complexity index is 1370. The third-order valence-electron chi connectivity index (χ3n) is 12.4. The minimum absolute atomic E-state index is 0.0308. The van der Waals surface area contributed by atoms with E-state index < -0.39 is 59.8 Å². The molecule has 6 atom stereocenters. The summed E-state index contributed by atoms with van der Waals surface area (Å²) in [4.78, 5) is 12.9. The number of allylic oxidation sites excluding steroid dienone is 8. The highest BCUT2D eigenvalue weighted by Crippen LogP contribution is 2.26. The first-order chi connectivity index (χ1) is 33.1. The molecule has 0 aliphatic carbocycles. The highest BCUT2D eigenvalue weighted by Gasteiger charge is 2.48. The number of carbonyl (C=O) groups is 1. The van der Waals surface area contributed by atoms with Crippen LogP contribution in [0.15, 0.2) is 48.6 Å². The molecule has 0 aromatic rings. The highest BCUT2D eigenvalue weighted by molar-refractivity contribution is 7.80. The van der Waals surface area contributed by atoms with E-state index in [1.807, 2.05) is 0 Å². The number of esters is 1. The smallest absolute Gasteiger partial charge is 0.397 e. The second-order valence-corrected chi connectivity index (χ2v) is 19.9. The van der Waals surface area contributed by atoms with Crippen LogP contribution < -0.4 is 0 Å². The van der Waals surface area contributed by atoms with E-state index in [-0.39, 0.29) is 19.6 Å². The zero-order valence-corrected chi connectivity index (χ0v) is 43.7. The van der Waals surface area contributed by atoms with Crippen LogP contribution in [0.4, 0.5) is 0 Å². The fourth-order valence-electron chi connectivity index (χ4n) is 8.26. The third-order valence-corrected chi connectivity index (χ3v) is 12.9. The molecule has 0 amide bonds. The summed E-state index contributed by atoms with van der Waals surface area (Å²) in [5.74, 6) is -0.408. The van der Waals surface area contributed by atoms with Crippen molar-refractivity contribution in [1.29, 1.82) is 0 Å². The van der Waals surface area contributed by atoms with Gasteiger partial charge in [0.1, 0.15) is 30.5 Å². The van der Waals surface area contributed by atoms with Gasteiger partial charge >= 0.3 is 16.4 Å². The molecule has 1 fully saturated rings. The Morgan fingerprint density at radius 3 is 1.43 bits per heavy atom. The number of hydrogen-bond acceptors (Lipinski definition) is 11. The number of hydrogen-bond donors (Lipinski definition) is 4. The lowest BCUT2D eigenvalue weighted by molar-refractivity contribution is -0.301. The van der Waals surface area contributed by atoms with E-state index in [1.165, 1.54) is 135 Å². The molecule has 0 radical (unpaired) electrons. The molecule has 0 saturated carbocycles. The average molecular weight is 985 g/mol. The van der Waals surface area contributed by atoms with E-state index in [0.29, 0.717) is 13.0 Å². The molecule has 0 aromatic carbocycles. The van der Waals surface area contributed by atoms with Gasteiger partial charge in [0.2, 0.25) is 0 Å². The van der Waals surface area contributed by atoms with Gasteiger partial charge in [-0.1, -0.05) is 197 Å². The molecule has 1 rings (SSSR count). The molecule has 1 aliphatic heterocycles. The minimum atomic E-state index is -5.07. The molecule has 0 aromatic heterocycles. The Hall–Kier alpha value is -1.94. The number of carbonyl (C=O) groups excluding carboxylic acids is 1. The van der Waals surface area contributed by atoms with Crippen molar-refractivity contribution in [1.82, 2.24) is 0 Å².